The van der Waals surface area contributed by atoms with Crippen LogP contribution in [0.5, 0.6) is 0 Å². The van der Waals surface area contributed by atoms with Gasteiger partial charge in [0, 0.05) is 38.7 Å². The van der Waals surface area contributed by atoms with Crippen LogP contribution in [-0.2, 0) is 39.5 Å². The number of aryl methyl sites for hydroxylation is 2. The second kappa shape index (κ2) is 5.88. The summed E-state index contributed by atoms with van der Waals surface area (Å²) in [5, 5.41) is 8.78. The largest absolute Gasteiger partial charge is 0.314 e. The third-order valence-electron chi connectivity index (χ3n) is 4.92. The van der Waals surface area contributed by atoms with Gasteiger partial charge in [0.05, 0.1) is 18.6 Å². The first kappa shape index (κ1) is 14.6. The van der Waals surface area contributed by atoms with Crippen molar-refractivity contribution in [1.82, 2.24) is 29.2 Å². The van der Waals surface area contributed by atoms with E-state index < -0.39 is 0 Å². The predicted molar refractivity (Wildman–Crippen MR) is 84.9 cm³/mol. The number of fused-ring (bicyclic) bond motifs is 2. The lowest BCUT2D eigenvalue weighted by Crippen LogP contribution is -2.36. The molecular weight excluding hydrogens is 292 g/mol. The second-order valence-corrected chi connectivity index (χ2v) is 6.54. The zero-order chi connectivity index (χ0) is 15.8. The van der Waals surface area contributed by atoms with Gasteiger partial charge >= 0.3 is 0 Å². The molecule has 0 spiro atoms. The molecule has 0 radical (unpaired) electrons. The Morgan fingerprint density at radius 3 is 2.96 bits per heavy atom. The fraction of sp³-hybridized carbons (Fsp3) is 0.625. The highest BCUT2D eigenvalue weighted by atomic mass is 16.1. The Hall–Kier alpha value is -2.02. The lowest BCUT2D eigenvalue weighted by atomic mass is 10.1. The summed E-state index contributed by atoms with van der Waals surface area (Å²) in [6.45, 7) is 3.40. The molecule has 0 aliphatic carbocycles. The van der Waals surface area contributed by atoms with Gasteiger partial charge in [-0.25, -0.2) is 4.98 Å². The molecule has 0 N–H and O–H groups in total. The number of hydrogen-bond acceptors (Lipinski definition) is 5. The summed E-state index contributed by atoms with van der Waals surface area (Å²) in [6, 6.07) is 0. The maximum atomic E-state index is 12.1. The SMILES string of the molecule is Cn1cnc2c(c1=O)CCN(Cc1nnc3n1CCCCC3)C2. The molecule has 0 saturated carbocycles. The Balaban J connectivity index is 1.54. The molecule has 122 valence electrons. The summed E-state index contributed by atoms with van der Waals surface area (Å²) in [7, 11) is 1.76. The minimum Gasteiger partial charge on any atom is -0.314 e. The van der Waals surface area contributed by atoms with Crippen LogP contribution in [0.1, 0.15) is 42.2 Å². The third-order valence-corrected chi connectivity index (χ3v) is 4.92. The van der Waals surface area contributed by atoms with Gasteiger partial charge in [0.1, 0.15) is 11.6 Å². The molecule has 23 heavy (non-hydrogen) atoms. The summed E-state index contributed by atoms with van der Waals surface area (Å²) < 4.78 is 3.85. The summed E-state index contributed by atoms with van der Waals surface area (Å²) in [5.74, 6) is 2.18. The van der Waals surface area contributed by atoms with Crippen LogP contribution in [0.3, 0.4) is 0 Å². The van der Waals surface area contributed by atoms with Crippen LogP contribution in [0.15, 0.2) is 11.1 Å². The molecule has 0 amide bonds. The van der Waals surface area contributed by atoms with Crippen molar-refractivity contribution in [2.75, 3.05) is 6.54 Å². The maximum Gasteiger partial charge on any atom is 0.256 e. The van der Waals surface area contributed by atoms with Gasteiger partial charge in [-0.15, -0.1) is 10.2 Å². The van der Waals surface area contributed by atoms with Crippen molar-refractivity contribution in [2.24, 2.45) is 7.05 Å². The fourth-order valence-corrected chi connectivity index (χ4v) is 3.57. The van der Waals surface area contributed by atoms with E-state index in [4.69, 9.17) is 0 Å². The Morgan fingerprint density at radius 1 is 1.13 bits per heavy atom. The normalized spacial score (nSPS) is 18.3. The molecule has 2 aliphatic heterocycles. The maximum absolute atomic E-state index is 12.1. The van der Waals surface area contributed by atoms with Gasteiger partial charge in [0.25, 0.3) is 5.56 Å². The van der Waals surface area contributed by atoms with Gasteiger partial charge in [-0.2, -0.15) is 0 Å². The topological polar surface area (TPSA) is 68.8 Å². The molecule has 0 aromatic carbocycles. The Morgan fingerprint density at radius 2 is 2.04 bits per heavy atom. The zero-order valence-electron chi connectivity index (χ0n) is 13.5. The molecule has 2 aromatic heterocycles. The van der Waals surface area contributed by atoms with Crippen molar-refractivity contribution in [3.05, 3.63) is 39.6 Å². The van der Waals surface area contributed by atoms with Crippen molar-refractivity contribution in [3.63, 3.8) is 0 Å². The molecule has 7 nitrogen and oxygen atoms in total. The zero-order valence-corrected chi connectivity index (χ0v) is 13.5. The smallest absolute Gasteiger partial charge is 0.256 e. The van der Waals surface area contributed by atoms with E-state index in [0.717, 1.165) is 55.4 Å². The summed E-state index contributed by atoms with van der Waals surface area (Å²) in [6.07, 6.45) is 7.10. The number of rotatable bonds is 2. The summed E-state index contributed by atoms with van der Waals surface area (Å²) in [5.41, 5.74) is 1.87. The van der Waals surface area contributed by atoms with Crippen LogP contribution in [0, 0.1) is 0 Å². The average Bonchev–Trinajstić information content (AvgIpc) is 2.79. The lowest BCUT2D eigenvalue weighted by Gasteiger charge is -2.27. The van der Waals surface area contributed by atoms with Gasteiger partial charge in [-0.05, 0) is 19.3 Å². The molecule has 7 heteroatoms. The Labute approximate surface area is 135 Å². The van der Waals surface area contributed by atoms with E-state index in [-0.39, 0.29) is 5.56 Å². The van der Waals surface area contributed by atoms with E-state index in [2.05, 4.69) is 24.6 Å². The third kappa shape index (κ3) is 2.69. The van der Waals surface area contributed by atoms with E-state index in [9.17, 15) is 4.79 Å². The van der Waals surface area contributed by atoms with Gasteiger partial charge in [0.15, 0.2) is 0 Å². The molecule has 0 atom stereocenters. The number of nitrogens with zero attached hydrogens (tertiary/aromatic N) is 6. The molecule has 0 bridgehead atoms. The van der Waals surface area contributed by atoms with Gasteiger partial charge in [-0.1, -0.05) is 6.42 Å². The quantitative estimate of drug-likeness (QED) is 0.814. The van der Waals surface area contributed by atoms with Crippen LogP contribution in [0.2, 0.25) is 0 Å². The van der Waals surface area contributed by atoms with Gasteiger partial charge < -0.3 is 9.13 Å². The molecule has 0 saturated heterocycles. The van der Waals surface area contributed by atoms with Crippen LogP contribution < -0.4 is 5.56 Å². The average molecular weight is 314 g/mol. The van der Waals surface area contributed by atoms with Crippen molar-refractivity contribution in [3.8, 4) is 0 Å². The number of aromatic nitrogens is 5. The fourth-order valence-electron chi connectivity index (χ4n) is 3.57. The highest BCUT2D eigenvalue weighted by molar-refractivity contribution is 5.20. The first-order valence-corrected chi connectivity index (χ1v) is 8.39. The highest BCUT2D eigenvalue weighted by Crippen LogP contribution is 2.18. The standard InChI is InChI=1S/C16H22N6O/c1-20-11-17-13-9-21(8-6-12(13)16(20)23)10-15-19-18-14-5-3-2-4-7-22(14)15/h11H,2-10H2,1H3. The second-order valence-electron chi connectivity index (χ2n) is 6.54. The molecule has 2 aliphatic rings. The van der Waals surface area contributed by atoms with E-state index >= 15 is 0 Å². The van der Waals surface area contributed by atoms with Gasteiger partial charge in [0.2, 0.25) is 0 Å². The molecule has 4 heterocycles. The van der Waals surface area contributed by atoms with Crippen LogP contribution in [0.25, 0.3) is 0 Å². The van der Waals surface area contributed by atoms with Crippen LogP contribution in [0.4, 0.5) is 0 Å². The summed E-state index contributed by atoms with van der Waals surface area (Å²) >= 11 is 0. The highest BCUT2D eigenvalue weighted by Gasteiger charge is 2.23. The van der Waals surface area contributed by atoms with Crippen molar-refractivity contribution in [1.29, 1.82) is 0 Å². The molecule has 2 aromatic rings. The van der Waals surface area contributed by atoms with E-state index in [1.807, 2.05) is 0 Å². The van der Waals surface area contributed by atoms with Crippen molar-refractivity contribution in [2.45, 2.75) is 51.7 Å². The molecule has 0 fully saturated rings. The van der Waals surface area contributed by atoms with E-state index in [1.54, 1.807) is 17.9 Å². The monoisotopic (exact) mass is 314 g/mol. The van der Waals surface area contributed by atoms with E-state index in [0.29, 0.717) is 6.54 Å². The summed E-state index contributed by atoms with van der Waals surface area (Å²) in [4.78, 5) is 18.9. The van der Waals surface area contributed by atoms with Crippen LogP contribution in [-0.4, -0.2) is 35.8 Å². The lowest BCUT2D eigenvalue weighted by molar-refractivity contribution is 0.230. The van der Waals surface area contributed by atoms with Crippen molar-refractivity contribution >= 4 is 0 Å². The Bertz CT molecular complexity index is 777. The molecular formula is C16H22N6O. The van der Waals surface area contributed by atoms with E-state index in [1.165, 1.54) is 19.3 Å². The molecule has 4 rings (SSSR count). The predicted octanol–water partition coefficient (Wildman–Crippen LogP) is 0.656. The Kier molecular flexibility index (Phi) is 3.72. The van der Waals surface area contributed by atoms with Crippen molar-refractivity contribution < 1.29 is 0 Å². The minimum atomic E-state index is 0.0889. The first-order valence-electron chi connectivity index (χ1n) is 8.39. The van der Waals surface area contributed by atoms with Gasteiger partial charge in [-0.3, -0.25) is 9.69 Å². The minimum absolute atomic E-state index is 0.0889. The first-order chi connectivity index (χ1) is 11.2. The molecule has 0 unspecified atom stereocenters. The number of hydrogen-bond donors (Lipinski definition) is 0. The van der Waals surface area contributed by atoms with Crippen LogP contribution >= 0.6 is 0 Å².